The zero-order chi connectivity index (χ0) is 9.14. The van der Waals surface area contributed by atoms with E-state index in [4.69, 9.17) is 5.11 Å². The van der Waals surface area contributed by atoms with Gasteiger partial charge in [-0.2, -0.15) is 0 Å². The van der Waals surface area contributed by atoms with E-state index < -0.39 is 0 Å². The third kappa shape index (κ3) is 2.57. The van der Waals surface area contributed by atoms with Crippen LogP contribution in [0.5, 0.6) is 0 Å². The van der Waals surface area contributed by atoms with E-state index in [2.05, 4.69) is 5.32 Å². The van der Waals surface area contributed by atoms with Crippen LogP contribution in [-0.4, -0.2) is 29.6 Å². The molecule has 1 heterocycles. The van der Waals surface area contributed by atoms with Crippen LogP contribution < -0.4 is 5.32 Å². The van der Waals surface area contributed by atoms with E-state index in [1.54, 1.807) is 0 Å². The molecule has 0 saturated carbocycles. The molecule has 0 aromatic heterocycles. The third-order valence-corrected chi connectivity index (χ3v) is 2.11. The fourth-order valence-corrected chi connectivity index (χ4v) is 1.51. The highest BCUT2D eigenvalue weighted by Gasteiger charge is 2.27. The predicted octanol–water partition coefficient (Wildman–Crippen LogP) is 0.324. The van der Waals surface area contributed by atoms with Gasteiger partial charge in [0.15, 0.2) is 0 Å². The van der Waals surface area contributed by atoms with Gasteiger partial charge in [-0.3, -0.25) is 4.79 Å². The van der Waals surface area contributed by atoms with Crippen LogP contribution in [0.15, 0.2) is 0 Å². The maximum Gasteiger partial charge on any atom is 0.150 e. The van der Waals surface area contributed by atoms with Gasteiger partial charge in [0.25, 0.3) is 0 Å². The first-order valence-electron chi connectivity index (χ1n) is 4.53. The summed E-state index contributed by atoms with van der Waals surface area (Å²) in [7, 11) is 0. The van der Waals surface area contributed by atoms with Crippen molar-refractivity contribution in [1.82, 2.24) is 5.32 Å². The van der Waals surface area contributed by atoms with Crippen molar-refractivity contribution >= 4 is 5.78 Å². The van der Waals surface area contributed by atoms with Gasteiger partial charge < -0.3 is 10.4 Å². The van der Waals surface area contributed by atoms with Crippen LogP contribution in [0.2, 0.25) is 0 Å². The number of Topliss-reactive ketones (excluding diaryl/α,β-unsaturated/α-hetero) is 1. The lowest BCUT2D eigenvalue weighted by atomic mass is 10.0. The Labute approximate surface area is 73.2 Å². The Morgan fingerprint density at radius 1 is 1.67 bits per heavy atom. The average molecular weight is 171 g/mol. The van der Waals surface area contributed by atoms with Gasteiger partial charge in [0.05, 0.1) is 12.1 Å². The molecule has 0 radical (unpaired) electrons. The van der Waals surface area contributed by atoms with Gasteiger partial charge in [-0.15, -0.1) is 0 Å². The second kappa shape index (κ2) is 4.01. The first kappa shape index (κ1) is 9.68. The van der Waals surface area contributed by atoms with Crippen molar-refractivity contribution in [3.05, 3.63) is 0 Å². The summed E-state index contributed by atoms with van der Waals surface area (Å²) in [6, 6.07) is -0.0950. The Bertz CT molecular complexity index is 168. The molecular formula is C9H17NO2. The number of hydrogen-bond donors (Lipinski definition) is 2. The fourth-order valence-electron chi connectivity index (χ4n) is 1.51. The predicted molar refractivity (Wildman–Crippen MR) is 46.9 cm³/mol. The van der Waals surface area contributed by atoms with E-state index in [0.29, 0.717) is 25.3 Å². The van der Waals surface area contributed by atoms with Crippen LogP contribution in [0.25, 0.3) is 0 Å². The highest BCUT2D eigenvalue weighted by Crippen LogP contribution is 2.11. The Morgan fingerprint density at radius 2 is 2.33 bits per heavy atom. The molecule has 1 aliphatic rings. The van der Waals surface area contributed by atoms with E-state index in [-0.39, 0.29) is 17.9 Å². The van der Waals surface area contributed by atoms with Crippen molar-refractivity contribution in [3.8, 4) is 0 Å². The molecule has 0 amide bonds. The maximum absolute atomic E-state index is 11.4. The number of ketones is 1. The van der Waals surface area contributed by atoms with E-state index >= 15 is 0 Å². The molecule has 0 aromatic carbocycles. The summed E-state index contributed by atoms with van der Waals surface area (Å²) in [5, 5.41) is 12.2. The second-order valence-corrected chi connectivity index (χ2v) is 3.91. The molecule has 0 spiro atoms. The zero-order valence-corrected chi connectivity index (χ0v) is 7.71. The largest absolute Gasteiger partial charge is 0.392 e. The highest BCUT2D eigenvalue weighted by molar-refractivity contribution is 5.84. The molecule has 3 nitrogen and oxygen atoms in total. The molecule has 70 valence electrons. The Morgan fingerprint density at radius 3 is 2.75 bits per heavy atom. The van der Waals surface area contributed by atoms with Crippen molar-refractivity contribution in [1.29, 1.82) is 0 Å². The highest BCUT2D eigenvalue weighted by atomic mass is 16.3. The quantitative estimate of drug-likeness (QED) is 0.643. The molecular weight excluding hydrogens is 154 g/mol. The van der Waals surface area contributed by atoms with Gasteiger partial charge in [-0.25, -0.2) is 0 Å². The summed E-state index contributed by atoms with van der Waals surface area (Å²) < 4.78 is 0. The molecule has 2 atom stereocenters. The number of hydrogen-bond acceptors (Lipinski definition) is 3. The van der Waals surface area contributed by atoms with Crippen LogP contribution in [-0.2, 0) is 4.79 Å². The molecule has 0 aromatic rings. The molecule has 1 rings (SSSR count). The second-order valence-electron chi connectivity index (χ2n) is 3.91. The summed E-state index contributed by atoms with van der Waals surface area (Å²) in [5.74, 6) is 0.651. The number of nitrogens with one attached hydrogen (secondary N) is 1. The van der Waals surface area contributed by atoms with Crippen LogP contribution in [0.3, 0.4) is 0 Å². The monoisotopic (exact) mass is 171 g/mol. The van der Waals surface area contributed by atoms with Gasteiger partial charge in [0.2, 0.25) is 0 Å². The minimum absolute atomic E-state index is 0.0950. The Hall–Kier alpha value is -0.410. The van der Waals surface area contributed by atoms with Crippen LogP contribution >= 0.6 is 0 Å². The molecule has 0 bridgehead atoms. The number of carbonyl (C=O) groups is 1. The SMILES string of the molecule is CC(C)CC(=O)C1CC(O)CN1. The Kier molecular flexibility index (Phi) is 3.23. The number of aliphatic hydroxyl groups excluding tert-OH is 1. The van der Waals surface area contributed by atoms with Crippen molar-refractivity contribution < 1.29 is 9.90 Å². The fraction of sp³-hybridized carbons (Fsp3) is 0.889. The topological polar surface area (TPSA) is 49.3 Å². The van der Waals surface area contributed by atoms with E-state index in [9.17, 15) is 4.79 Å². The standard InChI is InChI=1S/C9H17NO2/c1-6(2)3-9(12)8-4-7(11)5-10-8/h6-8,10-11H,3-5H2,1-2H3. The molecule has 1 fully saturated rings. The zero-order valence-electron chi connectivity index (χ0n) is 7.71. The van der Waals surface area contributed by atoms with Crippen LogP contribution in [0.4, 0.5) is 0 Å². The van der Waals surface area contributed by atoms with Gasteiger partial charge in [0, 0.05) is 13.0 Å². The Balaban J connectivity index is 2.33. The normalized spacial score (nSPS) is 29.7. The number of aliphatic hydroxyl groups is 1. The van der Waals surface area contributed by atoms with Crippen LogP contribution in [0, 0.1) is 5.92 Å². The maximum atomic E-state index is 11.4. The molecule has 1 saturated heterocycles. The lowest BCUT2D eigenvalue weighted by Gasteiger charge is -2.09. The van der Waals surface area contributed by atoms with Gasteiger partial charge in [0.1, 0.15) is 5.78 Å². The molecule has 1 aliphatic heterocycles. The lowest BCUT2D eigenvalue weighted by molar-refractivity contribution is -0.121. The summed E-state index contributed by atoms with van der Waals surface area (Å²) in [6.07, 6.45) is 0.877. The van der Waals surface area contributed by atoms with Crippen molar-refractivity contribution in [3.63, 3.8) is 0 Å². The average Bonchev–Trinajstić information content (AvgIpc) is 2.34. The minimum atomic E-state index is -0.328. The lowest BCUT2D eigenvalue weighted by Crippen LogP contribution is -2.31. The molecule has 3 heteroatoms. The first-order chi connectivity index (χ1) is 5.59. The summed E-state index contributed by atoms with van der Waals surface area (Å²) >= 11 is 0. The minimum Gasteiger partial charge on any atom is -0.392 e. The summed E-state index contributed by atoms with van der Waals surface area (Å²) in [6.45, 7) is 4.63. The van der Waals surface area contributed by atoms with Crippen LogP contribution in [0.1, 0.15) is 26.7 Å². The van der Waals surface area contributed by atoms with Gasteiger partial charge in [-0.1, -0.05) is 13.8 Å². The van der Waals surface area contributed by atoms with Gasteiger partial charge >= 0.3 is 0 Å². The van der Waals surface area contributed by atoms with Crippen molar-refractivity contribution in [2.45, 2.75) is 38.8 Å². The van der Waals surface area contributed by atoms with Crippen molar-refractivity contribution in [2.24, 2.45) is 5.92 Å². The number of rotatable bonds is 3. The smallest absolute Gasteiger partial charge is 0.150 e. The van der Waals surface area contributed by atoms with E-state index in [0.717, 1.165) is 0 Å². The molecule has 12 heavy (non-hydrogen) atoms. The summed E-state index contributed by atoms with van der Waals surface area (Å²) in [5.41, 5.74) is 0. The van der Waals surface area contributed by atoms with Gasteiger partial charge in [-0.05, 0) is 12.3 Å². The number of β-amino-alcohol motifs (C(OH)–C–C–N with tert-alkyl or cyclic N) is 1. The molecule has 2 N–H and O–H groups in total. The number of carbonyl (C=O) groups excluding carboxylic acids is 1. The summed E-state index contributed by atoms with van der Waals surface area (Å²) in [4.78, 5) is 11.4. The molecule has 0 aliphatic carbocycles. The van der Waals surface area contributed by atoms with Crippen molar-refractivity contribution in [2.75, 3.05) is 6.54 Å². The van der Waals surface area contributed by atoms with E-state index in [1.165, 1.54) is 0 Å². The molecule has 2 unspecified atom stereocenters. The van der Waals surface area contributed by atoms with E-state index in [1.807, 2.05) is 13.8 Å². The first-order valence-corrected chi connectivity index (χ1v) is 4.53. The third-order valence-electron chi connectivity index (χ3n) is 2.11.